The molecule has 22 heavy (non-hydrogen) atoms. The van der Waals surface area contributed by atoms with Crippen LogP contribution in [0.2, 0.25) is 0 Å². The predicted molar refractivity (Wildman–Crippen MR) is 87.1 cm³/mol. The summed E-state index contributed by atoms with van der Waals surface area (Å²) < 4.78 is 26.7. The minimum absolute atomic E-state index is 0.0881. The van der Waals surface area contributed by atoms with E-state index in [1.54, 1.807) is 5.38 Å². The van der Waals surface area contributed by atoms with Gasteiger partial charge in [0.25, 0.3) is 5.91 Å². The molecule has 0 bridgehead atoms. The number of thiophene rings is 1. The molecule has 1 aliphatic rings. The number of rotatable bonds is 4. The van der Waals surface area contributed by atoms with Crippen molar-refractivity contribution in [1.29, 1.82) is 0 Å². The fourth-order valence-electron chi connectivity index (χ4n) is 2.30. The third-order valence-corrected chi connectivity index (χ3v) is 7.22. The largest absolute Gasteiger partial charge is 0.297 e. The molecule has 1 fully saturated rings. The van der Waals surface area contributed by atoms with E-state index in [1.807, 2.05) is 12.3 Å². The van der Waals surface area contributed by atoms with E-state index >= 15 is 0 Å². The minimum Gasteiger partial charge on any atom is -0.297 e. The number of anilines is 1. The normalized spacial score (nSPS) is 16.0. The fourth-order valence-corrected chi connectivity index (χ4v) is 5.80. The predicted octanol–water partition coefficient (Wildman–Crippen LogP) is 2.55. The first-order valence-corrected chi connectivity index (χ1v) is 9.99. The van der Waals surface area contributed by atoms with Crippen LogP contribution in [0.5, 0.6) is 0 Å². The van der Waals surface area contributed by atoms with Gasteiger partial charge in [0, 0.05) is 18.5 Å². The van der Waals surface area contributed by atoms with Gasteiger partial charge in [-0.3, -0.25) is 10.1 Å². The highest BCUT2D eigenvalue weighted by molar-refractivity contribution is 7.89. The van der Waals surface area contributed by atoms with Gasteiger partial charge in [-0.2, -0.15) is 4.31 Å². The van der Waals surface area contributed by atoms with Gasteiger partial charge in [-0.15, -0.1) is 22.7 Å². The van der Waals surface area contributed by atoms with Crippen LogP contribution in [0, 0.1) is 6.92 Å². The van der Waals surface area contributed by atoms with Crippen molar-refractivity contribution in [2.24, 2.45) is 0 Å². The van der Waals surface area contributed by atoms with Crippen molar-refractivity contribution in [2.45, 2.75) is 24.7 Å². The first-order chi connectivity index (χ1) is 10.5. The van der Waals surface area contributed by atoms with Gasteiger partial charge in [-0.25, -0.2) is 13.4 Å². The Balaban J connectivity index is 1.86. The fraction of sp³-hybridized carbons (Fsp3) is 0.385. The number of hydrogen-bond acceptors (Lipinski definition) is 6. The average Bonchev–Trinajstić information content (AvgIpc) is 3.20. The zero-order valence-electron chi connectivity index (χ0n) is 11.9. The number of sulfonamides is 1. The molecule has 118 valence electrons. The summed E-state index contributed by atoms with van der Waals surface area (Å²) in [6.45, 7) is 2.87. The van der Waals surface area contributed by atoms with E-state index in [1.165, 1.54) is 21.7 Å². The van der Waals surface area contributed by atoms with Crippen molar-refractivity contribution >= 4 is 43.7 Å². The highest BCUT2D eigenvalue weighted by atomic mass is 32.2. The molecule has 1 saturated heterocycles. The van der Waals surface area contributed by atoms with Crippen LogP contribution in [-0.2, 0) is 10.0 Å². The van der Waals surface area contributed by atoms with Gasteiger partial charge in [0.2, 0.25) is 10.0 Å². The maximum Gasteiger partial charge on any atom is 0.268 e. The van der Waals surface area contributed by atoms with Crippen molar-refractivity contribution in [3.8, 4) is 0 Å². The lowest BCUT2D eigenvalue weighted by Crippen LogP contribution is -2.29. The van der Waals surface area contributed by atoms with Crippen LogP contribution in [0.25, 0.3) is 0 Å². The number of carbonyl (C=O) groups is 1. The Bertz CT molecular complexity index is 788. The van der Waals surface area contributed by atoms with E-state index in [2.05, 4.69) is 10.3 Å². The second kappa shape index (κ2) is 6.07. The van der Waals surface area contributed by atoms with Crippen LogP contribution >= 0.6 is 22.7 Å². The van der Waals surface area contributed by atoms with Crippen LogP contribution in [0.3, 0.4) is 0 Å². The summed E-state index contributed by atoms with van der Waals surface area (Å²) in [6.07, 6.45) is 1.73. The summed E-state index contributed by atoms with van der Waals surface area (Å²) >= 11 is 2.44. The maximum atomic E-state index is 12.6. The number of carbonyl (C=O) groups excluding carboxylic acids is 1. The molecule has 3 heterocycles. The van der Waals surface area contributed by atoms with Gasteiger partial charge in [-0.1, -0.05) is 0 Å². The smallest absolute Gasteiger partial charge is 0.268 e. The van der Waals surface area contributed by atoms with Crippen molar-refractivity contribution in [1.82, 2.24) is 9.29 Å². The van der Waals surface area contributed by atoms with Crippen LogP contribution in [-0.4, -0.2) is 36.7 Å². The molecule has 0 saturated carbocycles. The molecule has 0 unspecified atom stereocenters. The molecule has 9 heteroatoms. The highest BCUT2D eigenvalue weighted by Crippen LogP contribution is 2.28. The van der Waals surface area contributed by atoms with E-state index in [4.69, 9.17) is 0 Å². The second-order valence-corrected chi connectivity index (χ2v) is 8.65. The Hall–Kier alpha value is -1.29. The van der Waals surface area contributed by atoms with E-state index < -0.39 is 15.9 Å². The molecule has 1 amide bonds. The number of nitrogens with zero attached hydrogens (tertiary/aromatic N) is 2. The van der Waals surface area contributed by atoms with Crippen LogP contribution in [0.15, 0.2) is 21.7 Å². The molecule has 0 atom stereocenters. The van der Waals surface area contributed by atoms with E-state index in [0.717, 1.165) is 29.9 Å². The Morgan fingerprint density at radius 2 is 2.05 bits per heavy atom. The van der Waals surface area contributed by atoms with Gasteiger partial charge in [0.1, 0.15) is 9.77 Å². The number of aryl methyl sites for hydroxylation is 1. The first kappa shape index (κ1) is 15.6. The van der Waals surface area contributed by atoms with Gasteiger partial charge >= 0.3 is 0 Å². The second-order valence-electron chi connectivity index (χ2n) is 4.97. The summed E-state index contributed by atoms with van der Waals surface area (Å²) in [6, 6.07) is 1.50. The topological polar surface area (TPSA) is 79.4 Å². The number of aromatic nitrogens is 1. The molecular weight excluding hydrogens is 342 g/mol. The van der Waals surface area contributed by atoms with Crippen molar-refractivity contribution in [3.63, 3.8) is 0 Å². The molecule has 6 nitrogen and oxygen atoms in total. The van der Waals surface area contributed by atoms with Crippen LogP contribution in [0.1, 0.15) is 28.2 Å². The third-order valence-electron chi connectivity index (χ3n) is 3.36. The summed E-state index contributed by atoms with van der Waals surface area (Å²) in [5.41, 5.74) is 0.816. The van der Waals surface area contributed by atoms with E-state index in [9.17, 15) is 13.2 Å². The zero-order valence-corrected chi connectivity index (χ0v) is 14.4. The maximum absolute atomic E-state index is 12.6. The Morgan fingerprint density at radius 3 is 2.68 bits per heavy atom. The van der Waals surface area contributed by atoms with Crippen molar-refractivity contribution in [3.05, 3.63) is 27.4 Å². The molecule has 0 radical (unpaired) electrons. The highest BCUT2D eigenvalue weighted by Gasteiger charge is 2.31. The molecule has 2 aromatic rings. The van der Waals surface area contributed by atoms with Crippen molar-refractivity contribution < 1.29 is 13.2 Å². The van der Waals surface area contributed by atoms with E-state index in [0.29, 0.717) is 18.2 Å². The van der Waals surface area contributed by atoms with Crippen LogP contribution < -0.4 is 5.32 Å². The number of nitrogens with one attached hydrogen (secondary N) is 1. The van der Waals surface area contributed by atoms with E-state index in [-0.39, 0.29) is 9.77 Å². The SMILES string of the molecule is Cc1csc(NC(=O)c2sccc2S(=O)(=O)N2CCCC2)n1. The Labute approximate surface area is 136 Å². The lowest BCUT2D eigenvalue weighted by Gasteiger charge is -2.15. The molecule has 0 aromatic carbocycles. The number of hydrogen-bond donors (Lipinski definition) is 1. The van der Waals surface area contributed by atoms with Gasteiger partial charge in [0.05, 0.1) is 5.69 Å². The van der Waals surface area contributed by atoms with Gasteiger partial charge < -0.3 is 0 Å². The number of thiazole rings is 1. The van der Waals surface area contributed by atoms with Gasteiger partial charge in [-0.05, 0) is 31.2 Å². The summed E-state index contributed by atoms with van der Waals surface area (Å²) in [4.78, 5) is 16.8. The lowest BCUT2D eigenvalue weighted by atomic mass is 10.4. The lowest BCUT2D eigenvalue weighted by molar-refractivity contribution is 0.102. The standard InChI is InChI=1S/C13H15N3O3S3/c1-9-8-21-13(14-9)15-12(17)11-10(4-7-20-11)22(18,19)16-5-2-3-6-16/h4,7-8H,2-3,5-6H2,1H3,(H,14,15,17). The molecule has 1 N–H and O–H groups in total. The molecule has 0 aliphatic carbocycles. The summed E-state index contributed by atoms with van der Waals surface area (Å²) in [7, 11) is -3.59. The molecule has 3 rings (SSSR count). The van der Waals surface area contributed by atoms with Crippen molar-refractivity contribution in [2.75, 3.05) is 18.4 Å². The first-order valence-electron chi connectivity index (χ1n) is 6.79. The quantitative estimate of drug-likeness (QED) is 0.912. The molecule has 1 aliphatic heterocycles. The number of amides is 1. The van der Waals surface area contributed by atoms with Crippen LogP contribution in [0.4, 0.5) is 5.13 Å². The third kappa shape index (κ3) is 2.94. The zero-order chi connectivity index (χ0) is 15.7. The summed E-state index contributed by atoms with van der Waals surface area (Å²) in [5, 5.41) is 6.59. The Kier molecular flexibility index (Phi) is 4.31. The summed E-state index contributed by atoms with van der Waals surface area (Å²) in [5.74, 6) is -0.429. The average molecular weight is 357 g/mol. The minimum atomic E-state index is -3.59. The Morgan fingerprint density at radius 1 is 1.32 bits per heavy atom. The van der Waals surface area contributed by atoms with Gasteiger partial charge in [0.15, 0.2) is 5.13 Å². The molecular formula is C13H15N3O3S3. The molecule has 2 aromatic heterocycles. The molecule has 0 spiro atoms. The monoisotopic (exact) mass is 357 g/mol.